The first-order valence-electron chi connectivity index (χ1n) is 4.79. The first-order valence-corrected chi connectivity index (χ1v) is 5.61. The molecule has 1 aliphatic rings. The average Bonchev–Trinajstić information content (AvgIpc) is 2.56. The molecule has 0 atom stereocenters. The van der Waals surface area contributed by atoms with Gasteiger partial charge in [0, 0.05) is 13.1 Å². The Morgan fingerprint density at radius 2 is 2.40 bits per heavy atom. The standard InChI is InChI=1S/C9H14N4OS/c1-9(2)7(14)11-3-4-13(9)8-12-5-6(10)15-8/h5H,3-4,10H2,1-2H3,(H,11,14). The van der Waals surface area contributed by atoms with Gasteiger partial charge < -0.3 is 16.0 Å². The lowest BCUT2D eigenvalue weighted by atomic mass is 10.00. The zero-order valence-electron chi connectivity index (χ0n) is 8.78. The van der Waals surface area contributed by atoms with Gasteiger partial charge in [-0.2, -0.15) is 0 Å². The second-order valence-corrected chi connectivity index (χ2v) is 5.05. The maximum absolute atomic E-state index is 11.7. The second-order valence-electron chi connectivity index (χ2n) is 4.01. The smallest absolute Gasteiger partial charge is 0.245 e. The van der Waals surface area contributed by atoms with E-state index in [-0.39, 0.29) is 5.91 Å². The van der Waals surface area contributed by atoms with E-state index in [1.807, 2.05) is 18.7 Å². The number of hydrogen-bond donors (Lipinski definition) is 2. The molecule has 1 aromatic rings. The Morgan fingerprint density at radius 1 is 1.67 bits per heavy atom. The molecule has 2 rings (SSSR count). The molecule has 5 nitrogen and oxygen atoms in total. The van der Waals surface area contributed by atoms with Crippen molar-refractivity contribution in [2.24, 2.45) is 0 Å². The van der Waals surface area contributed by atoms with Gasteiger partial charge in [0.25, 0.3) is 0 Å². The zero-order valence-corrected chi connectivity index (χ0v) is 9.60. The summed E-state index contributed by atoms with van der Waals surface area (Å²) < 4.78 is 0. The number of hydrogen-bond acceptors (Lipinski definition) is 5. The minimum Gasteiger partial charge on any atom is -0.389 e. The molecule has 1 aliphatic heterocycles. The number of carbonyl (C=O) groups is 1. The summed E-state index contributed by atoms with van der Waals surface area (Å²) in [5.41, 5.74) is 5.08. The van der Waals surface area contributed by atoms with Crippen molar-refractivity contribution in [3.05, 3.63) is 6.20 Å². The number of anilines is 2. The van der Waals surface area contributed by atoms with Gasteiger partial charge in [0.1, 0.15) is 10.5 Å². The fourth-order valence-corrected chi connectivity index (χ4v) is 2.49. The van der Waals surface area contributed by atoms with Gasteiger partial charge in [-0.25, -0.2) is 4.98 Å². The molecule has 1 fully saturated rings. The van der Waals surface area contributed by atoms with Crippen LogP contribution >= 0.6 is 11.3 Å². The number of nitrogen functional groups attached to an aromatic ring is 1. The number of nitrogens with zero attached hydrogens (tertiary/aromatic N) is 2. The highest BCUT2D eigenvalue weighted by molar-refractivity contribution is 7.19. The van der Waals surface area contributed by atoms with Crippen LogP contribution in [0.3, 0.4) is 0 Å². The number of piperazine rings is 1. The van der Waals surface area contributed by atoms with Crippen LogP contribution in [0.2, 0.25) is 0 Å². The second kappa shape index (κ2) is 3.37. The van der Waals surface area contributed by atoms with Crippen molar-refractivity contribution in [1.82, 2.24) is 10.3 Å². The Hall–Kier alpha value is -1.30. The molecule has 0 bridgehead atoms. The molecule has 0 spiro atoms. The first kappa shape index (κ1) is 10.2. The van der Waals surface area contributed by atoms with Crippen LogP contribution in [0.15, 0.2) is 6.20 Å². The molecule has 0 unspecified atom stereocenters. The number of rotatable bonds is 1. The monoisotopic (exact) mass is 226 g/mol. The molecule has 0 radical (unpaired) electrons. The van der Waals surface area contributed by atoms with Gasteiger partial charge in [-0.15, -0.1) is 0 Å². The number of carbonyl (C=O) groups excluding carboxylic acids is 1. The summed E-state index contributed by atoms with van der Waals surface area (Å²) in [5.74, 6) is 0.0301. The Morgan fingerprint density at radius 3 is 3.00 bits per heavy atom. The van der Waals surface area contributed by atoms with Gasteiger partial charge in [-0.1, -0.05) is 11.3 Å². The Bertz CT molecular complexity index is 387. The molecule has 1 amide bonds. The molecule has 0 saturated carbocycles. The summed E-state index contributed by atoms with van der Waals surface area (Å²) in [4.78, 5) is 17.9. The summed E-state index contributed by atoms with van der Waals surface area (Å²) in [5, 5.41) is 4.33. The number of amides is 1. The van der Waals surface area contributed by atoms with Crippen LogP contribution in [-0.2, 0) is 4.79 Å². The Kier molecular flexibility index (Phi) is 2.30. The fraction of sp³-hybridized carbons (Fsp3) is 0.556. The van der Waals surface area contributed by atoms with Gasteiger partial charge in [0.05, 0.1) is 6.20 Å². The lowest BCUT2D eigenvalue weighted by molar-refractivity contribution is -0.126. The van der Waals surface area contributed by atoms with Crippen LogP contribution in [0, 0.1) is 0 Å². The van der Waals surface area contributed by atoms with Crippen LogP contribution in [0.1, 0.15) is 13.8 Å². The summed E-state index contributed by atoms with van der Waals surface area (Å²) >= 11 is 1.41. The largest absolute Gasteiger partial charge is 0.389 e. The summed E-state index contributed by atoms with van der Waals surface area (Å²) in [6, 6.07) is 0. The van der Waals surface area contributed by atoms with Crippen molar-refractivity contribution in [1.29, 1.82) is 0 Å². The summed E-state index contributed by atoms with van der Waals surface area (Å²) in [6.07, 6.45) is 1.63. The highest BCUT2D eigenvalue weighted by atomic mass is 32.1. The minimum absolute atomic E-state index is 0.0301. The van der Waals surface area contributed by atoms with Crippen molar-refractivity contribution in [2.75, 3.05) is 23.7 Å². The molecule has 82 valence electrons. The molecule has 1 saturated heterocycles. The fourth-order valence-electron chi connectivity index (χ4n) is 1.64. The molecule has 2 heterocycles. The van der Waals surface area contributed by atoms with E-state index in [1.54, 1.807) is 6.20 Å². The normalized spacial score (nSPS) is 20.1. The number of nitrogens with one attached hydrogen (secondary N) is 1. The quantitative estimate of drug-likeness (QED) is 0.729. The molecule has 3 N–H and O–H groups in total. The third kappa shape index (κ3) is 1.65. The van der Waals surface area contributed by atoms with Gasteiger partial charge in [-0.3, -0.25) is 4.79 Å². The van der Waals surface area contributed by atoms with Crippen molar-refractivity contribution in [3.63, 3.8) is 0 Å². The van der Waals surface area contributed by atoms with E-state index in [2.05, 4.69) is 10.3 Å². The lowest BCUT2D eigenvalue weighted by Crippen LogP contribution is -2.62. The first-order chi connectivity index (χ1) is 7.01. The van der Waals surface area contributed by atoms with Crippen LogP contribution in [-0.4, -0.2) is 29.5 Å². The maximum Gasteiger partial charge on any atom is 0.245 e. The van der Waals surface area contributed by atoms with E-state index in [0.29, 0.717) is 11.5 Å². The van der Waals surface area contributed by atoms with Crippen molar-refractivity contribution < 1.29 is 4.79 Å². The zero-order chi connectivity index (χ0) is 11.1. The van der Waals surface area contributed by atoms with Gasteiger partial charge >= 0.3 is 0 Å². The van der Waals surface area contributed by atoms with Crippen molar-refractivity contribution in [2.45, 2.75) is 19.4 Å². The predicted molar refractivity (Wildman–Crippen MR) is 61.0 cm³/mol. The van der Waals surface area contributed by atoms with Gasteiger partial charge in [-0.05, 0) is 13.8 Å². The molecule has 15 heavy (non-hydrogen) atoms. The topological polar surface area (TPSA) is 71.2 Å². The van der Waals surface area contributed by atoms with E-state index in [0.717, 1.165) is 11.7 Å². The SMILES string of the molecule is CC1(C)C(=O)NCCN1c1ncc(N)s1. The van der Waals surface area contributed by atoms with Crippen LogP contribution in [0.5, 0.6) is 0 Å². The highest BCUT2D eigenvalue weighted by Gasteiger charge is 2.38. The number of nitrogens with two attached hydrogens (primary N) is 1. The van der Waals surface area contributed by atoms with Crippen molar-refractivity contribution >= 4 is 27.4 Å². The van der Waals surface area contributed by atoms with E-state index in [4.69, 9.17) is 5.73 Å². The third-order valence-electron chi connectivity index (χ3n) is 2.59. The molecule has 0 aliphatic carbocycles. The average molecular weight is 226 g/mol. The molecular formula is C9H14N4OS. The number of aromatic nitrogens is 1. The Labute approximate surface area is 92.3 Å². The van der Waals surface area contributed by atoms with E-state index < -0.39 is 5.54 Å². The van der Waals surface area contributed by atoms with E-state index in [9.17, 15) is 4.79 Å². The van der Waals surface area contributed by atoms with Crippen LogP contribution in [0.25, 0.3) is 0 Å². The Balaban J connectivity index is 2.31. The molecule has 6 heteroatoms. The highest BCUT2D eigenvalue weighted by Crippen LogP contribution is 2.30. The lowest BCUT2D eigenvalue weighted by Gasteiger charge is -2.40. The molecule has 1 aromatic heterocycles. The van der Waals surface area contributed by atoms with E-state index >= 15 is 0 Å². The van der Waals surface area contributed by atoms with Gasteiger partial charge in [0.15, 0.2) is 5.13 Å². The number of thiazole rings is 1. The maximum atomic E-state index is 11.7. The third-order valence-corrected chi connectivity index (χ3v) is 3.44. The molecular weight excluding hydrogens is 212 g/mol. The molecule has 0 aromatic carbocycles. The minimum atomic E-state index is -0.553. The predicted octanol–water partition coefficient (Wildman–Crippen LogP) is 0.440. The van der Waals surface area contributed by atoms with Crippen LogP contribution < -0.4 is 16.0 Å². The van der Waals surface area contributed by atoms with Crippen LogP contribution in [0.4, 0.5) is 10.1 Å². The summed E-state index contributed by atoms with van der Waals surface area (Å²) in [7, 11) is 0. The van der Waals surface area contributed by atoms with Crippen molar-refractivity contribution in [3.8, 4) is 0 Å². The van der Waals surface area contributed by atoms with E-state index in [1.165, 1.54) is 11.3 Å². The summed E-state index contributed by atoms with van der Waals surface area (Å²) in [6.45, 7) is 5.20. The van der Waals surface area contributed by atoms with Gasteiger partial charge in [0.2, 0.25) is 5.91 Å².